The van der Waals surface area contributed by atoms with Gasteiger partial charge in [-0.25, -0.2) is 14.5 Å². The number of hydrogen-bond acceptors (Lipinski definition) is 5. The molecule has 0 bridgehead atoms. The van der Waals surface area contributed by atoms with Crippen LogP contribution in [0, 0.1) is 5.92 Å². The predicted molar refractivity (Wildman–Crippen MR) is 90.6 cm³/mol. The van der Waals surface area contributed by atoms with Crippen molar-refractivity contribution in [3.05, 3.63) is 24.0 Å². The molecule has 1 amide bonds. The average molecular weight is 332 g/mol. The summed E-state index contributed by atoms with van der Waals surface area (Å²) < 4.78 is 6.57. The van der Waals surface area contributed by atoms with Crippen molar-refractivity contribution in [1.29, 1.82) is 0 Å². The first kappa shape index (κ1) is 17.9. The van der Waals surface area contributed by atoms with Crippen LogP contribution in [-0.4, -0.2) is 39.8 Å². The van der Waals surface area contributed by atoms with E-state index in [0.29, 0.717) is 12.0 Å². The van der Waals surface area contributed by atoms with Crippen molar-refractivity contribution in [2.75, 3.05) is 7.11 Å². The summed E-state index contributed by atoms with van der Waals surface area (Å²) in [5, 5.41) is 7.80. The molecule has 2 heterocycles. The van der Waals surface area contributed by atoms with Crippen molar-refractivity contribution in [3.8, 4) is 0 Å². The number of nitrogens with one attached hydrogen (secondary N) is 1. The van der Waals surface area contributed by atoms with E-state index in [1.54, 1.807) is 16.9 Å². The van der Waals surface area contributed by atoms with E-state index in [1.807, 2.05) is 27.7 Å². The summed E-state index contributed by atoms with van der Waals surface area (Å²) in [5.74, 6) is -0.546. The lowest BCUT2D eigenvalue weighted by atomic mass is 10.0. The van der Waals surface area contributed by atoms with E-state index in [2.05, 4.69) is 15.4 Å². The molecule has 1 atom stereocenters. The van der Waals surface area contributed by atoms with E-state index in [9.17, 15) is 9.59 Å². The molecule has 0 saturated carbocycles. The third kappa shape index (κ3) is 3.90. The number of esters is 1. The molecule has 0 aromatic carbocycles. The number of methoxy groups -OCH3 is 1. The molecule has 2 aromatic rings. The lowest BCUT2D eigenvalue weighted by Gasteiger charge is -2.18. The van der Waals surface area contributed by atoms with Crippen molar-refractivity contribution >= 4 is 22.9 Å². The zero-order valence-electron chi connectivity index (χ0n) is 14.7. The topological polar surface area (TPSA) is 86.1 Å². The Morgan fingerprint density at radius 3 is 2.54 bits per heavy atom. The minimum Gasteiger partial charge on any atom is -0.467 e. The molecule has 0 radical (unpaired) electrons. The quantitative estimate of drug-likeness (QED) is 0.821. The summed E-state index contributed by atoms with van der Waals surface area (Å²) in [5.41, 5.74) is 1.12. The molecule has 1 unspecified atom stereocenters. The van der Waals surface area contributed by atoms with Crippen LogP contribution in [0.2, 0.25) is 0 Å². The normalized spacial score (nSPS) is 12.6. The summed E-state index contributed by atoms with van der Waals surface area (Å²) in [6.45, 7) is 8.00. The zero-order valence-corrected chi connectivity index (χ0v) is 14.7. The molecular formula is C17H24N4O3. The first-order chi connectivity index (χ1) is 11.3. The van der Waals surface area contributed by atoms with Gasteiger partial charge in [-0.05, 0) is 32.3 Å². The highest BCUT2D eigenvalue weighted by atomic mass is 16.5. The number of hydrogen-bond donors (Lipinski definition) is 1. The highest BCUT2D eigenvalue weighted by Crippen LogP contribution is 2.17. The summed E-state index contributed by atoms with van der Waals surface area (Å²) in [7, 11) is 1.32. The Morgan fingerprint density at radius 2 is 1.96 bits per heavy atom. The van der Waals surface area contributed by atoms with E-state index in [1.165, 1.54) is 13.3 Å². The van der Waals surface area contributed by atoms with Gasteiger partial charge in [0, 0.05) is 17.6 Å². The fourth-order valence-corrected chi connectivity index (χ4v) is 2.51. The van der Waals surface area contributed by atoms with Crippen molar-refractivity contribution in [1.82, 2.24) is 20.1 Å². The first-order valence-electron chi connectivity index (χ1n) is 8.05. The summed E-state index contributed by atoms with van der Waals surface area (Å²) in [6, 6.07) is 1.24. The predicted octanol–water partition coefficient (Wildman–Crippen LogP) is 2.33. The smallest absolute Gasteiger partial charge is 0.328 e. The molecule has 1 N–H and O–H groups in total. The Kier molecular flexibility index (Phi) is 5.54. The van der Waals surface area contributed by atoms with E-state index >= 15 is 0 Å². The lowest BCUT2D eigenvalue weighted by Crippen LogP contribution is -2.42. The first-order valence-corrected chi connectivity index (χ1v) is 8.05. The molecule has 130 valence electrons. The number of fused-ring (bicyclic) bond motifs is 1. The fraction of sp³-hybridized carbons (Fsp3) is 0.529. The second-order valence-corrected chi connectivity index (χ2v) is 6.50. The van der Waals surface area contributed by atoms with Crippen LogP contribution in [0.4, 0.5) is 0 Å². The van der Waals surface area contributed by atoms with Gasteiger partial charge in [-0.1, -0.05) is 13.8 Å². The van der Waals surface area contributed by atoms with Crippen LogP contribution >= 0.6 is 0 Å². The van der Waals surface area contributed by atoms with E-state index in [0.717, 1.165) is 11.0 Å². The van der Waals surface area contributed by atoms with Crippen LogP contribution in [-0.2, 0) is 9.53 Å². The number of carbonyl (C=O) groups is 2. The number of nitrogens with zero attached hydrogens (tertiary/aromatic N) is 3. The maximum absolute atomic E-state index is 12.5. The second kappa shape index (κ2) is 7.42. The molecule has 7 nitrogen and oxygen atoms in total. The van der Waals surface area contributed by atoms with Gasteiger partial charge in [0.05, 0.1) is 18.9 Å². The second-order valence-electron chi connectivity index (χ2n) is 6.50. The summed E-state index contributed by atoms with van der Waals surface area (Å²) in [4.78, 5) is 28.6. The monoisotopic (exact) mass is 332 g/mol. The average Bonchev–Trinajstić information content (AvgIpc) is 2.96. The molecule has 0 aliphatic rings. The van der Waals surface area contributed by atoms with Gasteiger partial charge in [0.2, 0.25) is 0 Å². The molecule has 0 spiro atoms. The van der Waals surface area contributed by atoms with Crippen molar-refractivity contribution in [2.45, 2.75) is 46.2 Å². The third-order valence-corrected chi connectivity index (χ3v) is 3.68. The SMILES string of the molecule is COC(=O)C(CC(C)C)NC(=O)c1cnc2c(cnn2C(C)C)c1. The van der Waals surface area contributed by atoms with Gasteiger partial charge in [-0.15, -0.1) is 0 Å². The molecular weight excluding hydrogens is 308 g/mol. The molecule has 0 saturated heterocycles. The highest BCUT2D eigenvalue weighted by Gasteiger charge is 2.23. The van der Waals surface area contributed by atoms with Crippen molar-refractivity contribution < 1.29 is 14.3 Å². The van der Waals surface area contributed by atoms with Crippen molar-refractivity contribution in [3.63, 3.8) is 0 Å². The largest absolute Gasteiger partial charge is 0.467 e. The maximum atomic E-state index is 12.5. The Hall–Kier alpha value is -2.44. The third-order valence-electron chi connectivity index (χ3n) is 3.68. The zero-order chi connectivity index (χ0) is 17.9. The Labute approximate surface area is 141 Å². The maximum Gasteiger partial charge on any atom is 0.328 e. The van der Waals surface area contributed by atoms with Gasteiger partial charge in [-0.2, -0.15) is 5.10 Å². The molecule has 2 rings (SSSR count). The van der Waals surface area contributed by atoms with Crippen LogP contribution in [0.1, 0.15) is 50.5 Å². The van der Waals surface area contributed by atoms with E-state index in [4.69, 9.17) is 4.74 Å². The number of amides is 1. The number of ether oxygens (including phenoxy) is 1. The molecule has 0 aliphatic heterocycles. The van der Waals surface area contributed by atoms with Crippen molar-refractivity contribution in [2.24, 2.45) is 5.92 Å². The lowest BCUT2D eigenvalue weighted by molar-refractivity contribution is -0.143. The summed E-state index contributed by atoms with van der Waals surface area (Å²) >= 11 is 0. The van der Waals surface area contributed by atoms with Crippen LogP contribution in [0.25, 0.3) is 11.0 Å². The van der Waals surface area contributed by atoms with Gasteiger partial charge in [0.25, 0.3) is 5.91 Å². The molecule has 7 heteroatoms. The van der Waals surface area contributed by atoms with E-state index < -0.39 is 12.0 Å². The number of carbonyl (C=O) groups excluding carboxylic acids is 2. The van der Waals surface area contributed by atoms with E-state index in [-0.39, 0.29) is 17.9 Å². The Balaban J connectivity index is 2.22. The minimum absolute atomic E-state index is 0.185. The van der Waals surface area contributed by atoms with Gasteiger partial charge in [0.15, 0.2) is 5.65 Å². The Bertz CT molecular complexity index is 737. The highest BCUT2D eigenvalue weighted by molar-refractivity contribution is 5.98. The number of pyridine rings is 1. The van der Waals surface area contributed by atoms with Gasteiger partial charge in [-0.3, -0.25) is 4.79 Å². The standard InChI is InChI=1S/C17H24N4O3/c1-10(2)6-14(17(23)24-5)20-16(22)13-7-12-9-19-21(11(3)4)15(12)18-8-13/h7-11,14H,6H2,1-5H3,(H,20,22). The Morgan fingerprint density at radius 1 is 1.25 bits per heavy atom. The fourth-order valence-electron chi connectivity index (χ4n) is 2.51. The number of rotatable bonds is 6. The molecule has 2 aromatic heterocycles. The van der Waals surface area contributed by atoms with Gasteiger partial charge in [0.1, 0.15) is 6.04 Å². The van der Waals surface area contributed by atoms with Crippen LogP contribution < -0.4 is 5.32 Å². The molecule has 24 heavy (non-hydrogen) atoms. The minimum atomic E-state index is -0.670. The van der Waals surface area contributed by atoms with Crippen LogP contribution in [0.5, 0.6) is 0 Å². The van der Waals surface area contributed by atoms with Gasteiger partial charge < -0.3 is 10.1 Å². The molecule has 0 fully saturated rings. The number of aromatic nitrogens is 3. The molecule has 0 aliphatic carbocycles. The van der Waals surface area contributed by atoms with Crippen LogP contribution in [0.15, 0.2) is 18.5 Å². The van der Waals surface area contributed by atoms with Crippen LogP contribution in [0.3, 0.4) is 0 Å². The van der Waals surface area contributed by atoms with Gasteiger partial charge >= 0.3 is 5.97 Å². The summed E-state index contributed by atoms with van der Waals surface area (Å²) in [6.07, 6.45) is 3.70.